The lowest BCUT2D eigenvalue weighted by Crippen LogP contribution is -2.29. The highest BCUT2D eigenvalue weighted by Gasteiger charge is 2.30. The highest BCUT2D eigenvalue weighted by Crippen LogP contribution is 2.32. The Morgan fingerprint density at radius 2 is 2.13 bits per heavy atom. The first-order valence-electron chi connectivity index (χ1n) is 8.19. The molecule has 23 heavy (non-hydrogen) atoms. The van der Waals surface area contributed by atoms with E-state index in [9.17, 15) is 4.79 Å². The van der Waals surface area contributed by atoms with Crippen molar-refractivity contribution >= 4 is 5.91 Å². The quantitative estimate of drug-likeness (QED) is 0.923. The van der Waals surface area contributed by atoms with Crippen molar-refractivity contribution in [2.75, 3.05) is 27.2 Å². The molecule has 0 saturated carbocycles. The van der Waals surface area contributed by atoms with Gasteiger partial charge in [-0.1, -0.05) is 30.3 Å². The van der Waals surface area contributed by atoms with Crippen molar-refractivity contribution in [3.05, 3.63) is 53.3 Å². The Morgan fingerprint density at radius 1 is 1.35 bits per heavy atom. The maximum absolute atomic E-state index is 12.3. The first kappa shape index (κ1) is 15.7. The second-order valence-corrected chi connectivity index (χ2v) is 6.33. The van der Waals surface area contributed by atoms with Crippen LogP contribution in [0, 0.1) is 0 Å². The Hall–Kier alpha value is -2.14. The molecule has 1 fully saturated rings. The summed E-state index contributed by atoms with van der Waals surface area (Å²) in [6.07, 6.45) is 4.92. The van der Waals surface area contributed by atoms with E-state index in [0.29, 0.717) is 5.56 Å². The van der Waals surface area contributed by atoms with Crippen LogP contribution in [0.2, 0.25) is 0 Å². The summed E-state index contributed by atoms with van der Waals surface area (Å²) >= 11 is 0. The Bertz CT molecular complexity index is 650. The van der Waals surface area contributed by atoms with Crippen LogP contribution in [-0.2, 0) is 6.42 Å². The van der Waals surface area contributed by atoms with Crippen molar-refractivity contribution < 1.29 is 4.79 Å². The first-order chi connectivity index (χ1) is 11.2. The van der Waals surface area contributed by atoms with Gasteiger partial charge < -0.3 is 4.90 Å². The van der Waals surface area contributed by atoms with E-state index in [1.807, 2.05) is 6.07 Å². The summed E-state index contributed by atoms with van der Waals surface area (Å²) in [6, 6.07) is 10.8. The fraction of sp³-hybridized carbons (Fsp3) is 0.444. The fourth-order valence-electron chi connectivity index (χ4n) is 3.30. The molecule has 2 aromatic rings. The van der Waals surface area contributed by atoms with Crippen LogP contribution in [0.3, 0.4) is 0 Å². The summed E-state index contributed by atoms with van der Waals surface area (Å²) < 4.78 is 0. The van der Waals surface area contributed by atoms with Crippen molar-refractivity contribution in [3.63, 3.8) is 0 Å². The summed E-state index contributed by atoms with van der Waals surface area (Å²) in [5.74, 6) is 0.0173. The number of likely N-dealkylation sites (tertiary alicyclic amines) is 1. The highest BCUT2D eigenvalue weighted by molar-refractivity contribution is 5.94. The van der Waals surface area contributed by atoms with Crippen LogP contribution in [0.5, 0.6) is 0 Å². The number of hydrogen-bond acceptors (Lipinski definition) is 3. The topological polar surface area (TPSA) is 52.2 Å². The van der Waals surface area contributed by atoms with Gasteiger partial charge in [-0.25, -0.2) is 0 Å². The number of benzene rings is 1. The van der Waals surface area contributed by atoms with Crippen LogP contribution in [0.4, 0.5) is 0 Å². The van der Waals surface area contributed by atoms with Gasteiger partial charge in [-0.3, -0.25) is 14.8 Å². The van der Waals surface area contributed by atoms with Gasteiger partial charge in [-0.05, 0) is 31.4 Å². The van der Waals surface area contributed by atoms with Gasteiger partial charge in [0.1, 0.15) is 0 Å². The van der Waals surface area contributed by atoms with Gasteiger partial charge in [0.25, 0.3) is 5.91 Å². The SMILES string of the molecule is CN(C)C(=O)c1cn[nH]c1[C@H]1CCCN1CCc1ccccc1. The van der Waals surface area contributed by atoms with E-state index in [1.54, 1.807) is 25.2 Å². The van der Waals surface area contributed by atoms with Crippen LogP contribution >= 0.6 is 0 Å². The highest BCUT2D eigenvalue weighted by atomic mass is 16.2. The van der Waals surface area contributed by atoms with Crippen LogP contribution in [0.15, 0.2) is 36.5 Å². The molecule has 2 heterocycles. The zero-order chi connectivity index (χ0) is 16.2. The molecule has 1 N–H and O–H groups in total. The standard InChI is InChI=1S/C18H24N4O/c1-21(2)18(23)15-13-19-20-17(15)16-9-6-11-22(16)12-10-14-7-4-3-5-8-14/h3-5,7-8,13,16H,6,9-12H2,1-2H3,(H,19,20)/t16-/m1/s1. The molecule has 1 amide bonds. The smallest absolute Gasteiger partial charge is 0.256 e. The molecule has 122 valence electrons. The second kappa shape index (κ2) is 6.96. The number of hydrogen-bond donors (Lipinski definition) is 1. The lowest BCUT2D eigenvalue weighted by molar-refractivity contribution is 0.0824. The van der Waals surface area contributed by atoms with Crippen molar-refractivity contribution in [1.82, 2.24) is 20.0 Å². The van der Waals surface area contributed by atoms with Crippen molar-refractivity contribution in [2.24, 2.45) is 0 Å². The number of carbonyl (C=O) groups is 1. The van der Waals surface area contributed by atoms with E-state index in [-0.39, 0.29) is 11.9 Å². The van der Waals surface area contributed by atoms with E-state index in [4.69, 9.17) is 0 Å². The molecular formula is C18H24N4O. The lowest BCUT2D eigenvalue weighted by Gasteiger charge is -2.24. The van der Waals surface area contributed by atoms with Crippen molar-refractivity contribution in [2.45, 2.75) is 25.3 Å². The average Bonchev–Trinajstić information content (AvgIpc) is 3.21. The minimum Gasteiger partial charge on any atom is -0.345 e. The number of nitrogens with zero attached hydrogens (tertiary/aromatic N) is 3. The first-order valence-corrected chi connectivity index (χ1v) is 8.19. The molecule has 1 aromatic heterocycles. The summed E-state index contributed by atoms with van der Waals surface area (Å²) in [6.45, 7) is 2.08. The predicted octanol–water partition coefficient (Wildman–Crippen LogP) is 2.49. The molecule has 5 nitrogen and oxygen atoms in total. The third-order valence-electron chi connectivity index (χ3n) is 4.53. The predicted molar refractivity (Wildman–Crippen MR) is 90.3 cm³/mol. The molecule has 0 radical (unpaired) electrons. The zero-order valence-corrected chi connectivity index (χ0v) is 13.8. The zero-order valence-electron chi connectivity index (χ0n) is 13.8. The van der Waals surface area contributed by atoms with Gasteiger partial charge in [0.2, 0.25) is 0 Å². The minimum atomic E-state index is 0.0173. The van der Waals surface area contributed by atoms with Gasteiger partial charge in [0, 0.05) is 20.6 Å². The van der Waals surface area contributed by atoms with Gasteiger partial charge in [-0.15, -0.1) is 0 Å². The molecular weight excluding hydrogens is 288 g/mol. The van der Waals surface area contributed by atoms with Crippen molar-refractivity contribution in [1.29, 1.82) is 0 Å². The van der Waals surface area contributed by atoms with Crippen LogP contribution < -0.4 is 0 Å². The van der Waals surface area contributed by atoms with E-state index in [0.717, 1.165) is 38.0 Å². The number of nitrogens with one attached hydrogen (secondary N) is 1. The minimum absolute atomic E-state index is 0.0173. The summed E-state index contributed by atoms with van der Waals surface area (Å²) in [5, 5.41) is 7.20. The number of aromatic amines is 1. The molecule has 3 rings (SSSR count). The number of amides is 1. The van der Waals surface area contributed by atoms with Crippen LogP contribution in [0.25, 0.3) is 0 Å². The molecule has 1 aliphatic heterocycles. The third-order valence-corrected chi connectivity index (χ3v) is 4.53. The molecule has 0 bridgehead atoms. The van der Waals surface area contributed by atoms with E-state index < -0.39 is 0 Å². The summed E-state index contributed by atoms with van der Waals surface area (Å²) in [5.41, 5.74) is 3.02. The normalized spacial score (nSPS) is 18.3. The van der Waals surface area contributed by atoms with Crippen molar-refractivity contribution in [3.8, 4) is 0 Å². The largest absolute Gasteiger partial charge is 0.345 e. The Morgan fingerprint density at radius 3 is 2.87 bits per heavy atom. The summed E-state index contributed by atoms with van der Waals surface area (Å²) in [7, 11) is 3.56. The number of H-pyrrole nitrogens is 1. The van der Waals surface area contributed by atoms with Crippen LogP contribution in [-0.4, -0.2) is 53.1 Å². The van der Waals surface area contributed by atoms with E-state index in [1.165, 1.54) is 5.56 Å². The van der Waals surface area contributed by atoms with Gasteiger partial charge in [0.05, 0.1) is 23.5 Å². The Kier molecular flexibility index (Phi) is 4.76. The molecule has 1 saturated heterocycles. The second-order valence-electron chi connectivity index (χ2n) is 6.33. The number of rotatable bonds is 5. The third kappa shape index (κ3) is 3.45. The molecule has 0 unspecified atom stereocenters. The Labute approximate surface area is 137 Å². The van der Waals surface area contributed by atoms with Gasteiger partial charge >= 0.3 is 0 Å². The van der Waals surface area contributed by atoms with E-state index >= 15 is 0 Å². The van der Waals surface area contributed by atoms with Crippen LogP contribution in [0.1, 0.15) is 40.5 Å². The molecule has 1 atom stereocenters. The molecule has 1 aromatic carbocycles. The van der Waals surface area contributed by atoms with Gasteiger partial charge in [0.15, 0.2) is 0 Å². The molecule has 5 heteroatoms. The maximum Gasteiger partial charge on any atom is 0.256 e. The summed E-state index contributed by atoms with van der Waals surface area (Å²) in [4.78, 5) is 16.4. The molecule has 0 spiro atoms. The average molecular weight is 312 g/mol. The Balaban J connectivity index is 1.72. The maximum atomic E-state index is 12.3. The number of aromatic nitrogens is 2. The lowest BCUT2D eigenvalue weighted by atomic mass is 10.1. The fourth-order valence-corrected chi connectivity index (χ4v) is 3.30. The van der Waals surface area contributed by atoms with Gasteiger partial charge in [-0.2, -0.15) is 5.10 Å². The molecule has 1 aliphatic rings. The molecule has 0 aliphatic carbocycles. The monoisotopic (exact) mass is 312 g/mol. The van der Waals surface area contributed by atoms with E-state index in [2.05, 4.69) is 39.4 Å². The number of carbonyl (C=O) groups excluding carboxylic acids is 1.